The van der Waals surface area contributed by atoms with Crippen molar-refractivity contribution < 1.29 is 32.7 Å². The van der Waals surface area contributed by atoms with Gasteiger partial charge in [0, 0.05) is 42.8 Å². The number of rotatable bonds is 0. The van der Waals surface area contributed by atoms with E-state index >= 15 is 0 Å². The van der Waals surface area contributed by atoms with Crippen LogP contribution in [0.1, 0.15) is 22.3 Å². The van der Waals surface area contributed by atoms with Crippen molar-refractivity contribution in [3.05, 3.63) is 32.6 Å². The maximum absolute atomic E-state index is 11.5. The third-order valence-electron chi connectivity index (χ3n) is 3.06. The van der Waals surface area contributed by atoms with Crippen molar-refractivity contribution in [3.8, 4) is 0 Å². The van der Waals surface area contributed by atoms with Crippen molar-refractivity contribution in [2.24, 2.45) is 0 Å². The molecule has 1 aromatic carbocycles. The number of hydrogen-bond acceptors (Lipinski definition) is 2. The molecule has 0 spiro atoms. The monoisotopic (exact) mass is 295 g/mol. The first-order chi connectivity index (χ1) is 6.54. The van der Waals surface area contributed by atoms with Gasteiger partial charge in [-0.1, -0.05) is 0 Å². The van der Waals surface area contributed by atoms with Gasteiger partial charge >= 0.3 is 0 Å². The summed E-state index contributed by atoms with van der Waals surface area (Å²) in [7, 11) is 0. The summed E-state index contributed by atoms with van der Waals surface area (Å²) in [6.07, 6.45) is 0. The third kappa shape index (κ3) is 1.86. The van der Waals surface area contributed by atoms with Crippen molar-refractivity contribution in [2.75, 3.05) is 0 Å². The van der Waals surface area contributed by atoms with E-state index in [2.05, 4.69) is 25.1 Å². The fraction of sp³-hybridized carbons (Fsp3) is 0.364. The van der Waals surface area contributed by atoms with E-state index in [-0.39, 0.29) is 38.3 Å². The van der Waals surface area contributed by atoms with Gasteiger partial charge in [0.25, 0.3) is 0 Å². The summed E-state index contributed by atoms with van der Waals surface area (Å²) < 4.78 is 4.94. The van der Waals surface area contributed by atoms with Crippen LogP contribution >= 0.6 is 11.5 Å². The summed E-state index contributed by atoms with van der Waals surface area (Å²) in [5, 5.41) is 0.815. The Morgan fingerprint density at radius 3 is 2.07 bits per heavy atom. The van der Waals surface area contributed by atoms with E-state index in [1.807, 2.05) is 6.92 Å². The SMILES string of the molecule is Cc1c(C)c(C)c2c(=O)[n-]sc2c1C.[Y]. The van der Waals surface area contributed by atoms with Crippen LogP contribution in [0.15, 0.2) is 4.79 Å². The molecule has 0 unspecified atom stereocenters. The predicted molar refractivity (Wildman–Crippen MR) is 60.4 cm³/mol. The maximum Gasteiger partial charge on any atom is 0.0941 e. The molecule has 0 bridgehead atoms. The molecule has 15 heavy (non-hydrogen) atoms. The summed E-state index contributed by atoms with van der Waals surface area (Å²) in [5.74, 6) is 0. The first kappa shape index (κ1) is 13.1. The van der Waals surface area contributed by atoms with E-state index in [4.69, 9.17) is 0 Å². The molecule has 2 rings (SSSR count). The van der Waals surface area contributed by atoms with Crippen molar-refractivity contribution >= 4 is 21.6 Å². The van der Waals surface area contributed by atoms with Gasteiger partial charge in [0.05, 0.1) is 5.56 Å². The van der Waals surface area contributed by atoms with Crippen molar-refractivity contribution in [2.45, 2.75) is 27.7 Å². The van der Waals surface area contributed by atoms with Crippen LogP contribution in [-0.4, -0.2) is 0 Å². The number of fused-ring (bicyclic) bond motifs is 1. The normalized spacial score (nSPS) is 10.4. The van der Waals surface area contributed by atoms with Crippen LogP contribution in [0, 0.1) is 27.7 Å². The Labute approximate surface area is 118 Å². The Kier molecular flexibility index (Phi) is 3.91. The Hall–Kier alpha value is 0.0139. The number of aromatic nitrogens is 1. The van der Waals surface area contributed by atoms with E-state index in [1.165, 1.54) is 28.2 Å². The Balaban J connectivity index is 0.00000112. The molecular weight excluding hydrogens is 283 g/mol. The number of hydrogen-bond donors (Lipinski definition) is 0. The minimum atomic E-state index is -0.0753. The molecule has 0 saturated heterocycles. The number of benzene rings is 1. The van der Waals surface area contributed by atoms with Crippen LogP contribution in [0.3, 0.4) is 0 Å². The molecule has 77 valence electrons. The second-order valence-electron chi connectivity index (χ2n) is 3.69. The minimum Gasteiger partial charge on any atom is -0.576 e. The number of nitrogens with zero attached hydrogens (tertiary/aromatic N) is 1. The van der Waals surface area contributed by atoms with E-state index in [1.54, 1.807) is 0 Å². The molecular formula is C11H12NOSY-. The van der Waals surface area contributed by atoms with Crippen molar-refractivity contribution in [1.29, 1.82) is 0 Å². The van der Waals surface area contributed by atoms with Gasteiger partial charge in [-0.25, -0.2) is 0 Å². The molecule has 0 N–H and O–H groups in total. The van der Waals surface area contributed by atoms with Gasteiger partial charge in [-0.05, 0) is 49.9 Å². The Bertz CT molecular complexity index is 568. The molecule has 0 aliphatic carbocycles. The van der Waals surface area contributed by atoms with Crippen LogP contribution in [-0.2, 0) is 32.7 Å². The summed E-state index contributed by atoms with van der Waals surface area (Å²) in [5.41, 5.74) is 4.70. The van der Waals surface area contributed by atoms with Gasteiger partial charge in [0.15, 0.2) is 0 Å². The molecule has 0 aliphatic rings. The zero-order valence-corrected chi connectivity index (χ0v) is 13.0. The Morgan fingerprint density at radius 1 is 0.933 bits per heavy atom. The standard InChI is InChI=1S/C11H13NOS.Y/c1-5-6(2)8(4)10-9(7(5)3)11(13)12-14-10;/h1-4H3,(H,12,13);/p-1. The number of aryl methyl sites for hydroxylation is 2. The quantitative estimate of drug-likeness (QED) is 0.747. The minimum absolute atomic E-state index is 0. The van der Waals surface area contributed by atoms with Gasteiger partial charge in [0.2, 0.25) is 0 Å². The predicted octanol–water partition coefficient (Wildman–Crippen LogP) is 2.45. The maximum atomic E-state index is 11.5. The van der Waals surface area contributed by atoms with Crippen LogP contribution in [0.5, 0.6) is 0 Å². The zero-order valence-electron chi connectivity index (χ0n) is 9.34. The molecule has 0 aliphatic heterocycles. The van der Waals surface area contributed by atoms with Gasteiger partial charge in [-0.15, -0.1) is 0 Å². The largest absolute Gasteiger partial charge is 0.576 e. The summed E-state index contributed by atoms with van der Waals surface area (Å²) in [6, 6.07) is 0. The average Bonchev–Trinajstić information content (AvgIpc) is 2.54. The summed E-state index contributed by atoms with van der Waals surface area (Å²) in [6.45, 7) is 8.22. The molecule has 2 nitrogen and oxygen atoms in total. The van der Waals surface area contributed by atoms with E-state index < -0.39 is 0 Å². The average molecular weight is 295 g/mol. The van der Waals surface area contributed by atoms with Gasteiger partial charge in [-0.2, -0.15) is 0 Å². The van der Waals surface area contributed by atoms with E-state index in [0.717, 1.165) is 15.6 Å². The van der Waals surface area contributed by atoms with Crippen LogP contribution in [0.25, 0.3) is 10.1 Å². The van der Waals surface area contributed by atoms with E-state index in [0.29, 0.717) is 0 Å². The molecule has 1 radical (unpaired) electrons. The van der Waals surface area contributed by atoms with Gasteiger partial charge in [-0.3, -0.25) is 11.5 Å². The fourth-order valence-corrected chi connectivity index (χ4v) is 2.67. The van der Waals surface area contributed by atoms with Crippen molar-refractivity contribution in [3.63, 3.8) is 0 Å². The summed E-state index contributed by atoms with van der Waals surface area (Å²) in [4.78, 5) is 11.5. The molecule has 1 heterocycles. The Morgan fingerprint density at radius 2 is 1.47 bits per heavy atom. The van der Waals surface area contributed by atoms with Gasteiger partial charge < -0.3 is 9.17 Å². The zero-order chi connectivity index (χ0) is 10.5. The topological polar surface area (TPSA) is 31.2 Å². The molecule has 4 heteroatoms. The van der Waals surface area contributed by atoms with Gasteiger partial charge in [0.1, 0.15) is 0 Å². The van der Waals surface area contributed by atoms with Crippen LogP contribution in [0.2, 0.25) is 0 Å². The fourth-order valence-electron chi connectivity index (χ4n) is 1.78. The molecule has 0 saturated carbocycles. The third-order valence-corrected chi connectivity index (χ3v) is 4.01. The summed E-state index contributed by atoms with van der Waals surface area (Å²) >= 11 is 1.32. The second kappa shape index (κ2) is 4.48. The van der Waals surface area contributed by atoms with Crippen LogP contribution in [0.4, 0.5) is 0 Å². The second-order valence-corrected chi connectivity index (χ2v) is 4.47. The van der Waals surface area contributed by atoms with Crippen molar-refractivity contribution in [1.82, 2.24) is 4.37 Å². The molecule has 1 aromatic heterocycles. The molecule has 2 aromatic rings. The first-order valence-electron chi connectivity index (χ1n) is 4.56. The molecule has 0 atom stereocenters. The van der Waals surface area contributed by atoms with E-state index in [9.17, 15) is 4.79 Å². The smallest absolute Gasteiger partial charge is 0.0941 e. The molecule has 0 amide bonds. The van der Waals surface area contributed by atoms with Crippen LogP contribution < -0.4 is 9.93 Å². The first-order valence-corrected chi connectivity index (χ1v) is 5.34. The molecule has 0 fully saturated rings.